The van der Waals surface area contributed by atoms with Gasteiger partial charge in [0.05, 0.1) is 25.0 Å². The van der Waals surface area contributed by atoms with Gasteiger partial charge in [-0.1, -0.05) is 13.8 Å². The number of hydrogen-bond acceptors (Lipinski definition) is 4. The van der Waals surface area contributed by atoms with Crippen LogP contribution in [-0.2, 0) is 14.3 Å². The van der Waals surface area contributed by atoms with Gasteiger partial charge in [0, 0.05) is 5.41 Å². The normalized spacial score (nSPS) is 50.5. The standard InChI is InChI=1S/C24H38O4/c1-22(26)12-13-23(2)16(15-22)5-6-17-18-7-8-20(28-14-10-21(25)27-4)24(18,3)11-9-19(17)23/h10,14,16-20,26H,5-9,11-13,15H2,1-4H3/t16-,17-,18-,19-,20-,22-,23-,24-/m0/s1. The number of methoxy groups -OCH3 is 1. The SMILES string of the molecule is COC(=O)C=CO[C@H]1CC[C@H]2[C@@H]3CC[C@H]4C[C@@](C)(O)CC[C@]4(C)[C@H]3CC[C@]12C. The third kappa shape index (κ3) is 3.20. The van der Waals surface area contributed by atoms with Crippen LogP contribution in [0.15, 0.2) is 12.3 Å². The van der Waals surface area contributed by atoms with Crippen LogP contribution in [0.2, 0.25) is 0 Å². The number of esters is 1. The first-order valence-electron chi connectivity index (χ1n) is 11.3. The molecule has 4 fully saturated rings. The Morgan fingerprint density at radius 3 is 2.46 bits per heavy atom. The molecule has 0 unspecified atom stereocenters. The van der Waals surface area contributed by atoms with E-state index in [0.717, 1.165) is 37.0 Å². The number of carbonyl (C=O) groups excluding carboxylic acids is 1. The van der Waals surface area contributed by atoms with Crippen LogP contribution in [0.1, 0.15) is 78.6 Å². The van der Waals surface area contributed by atoms with Gasteiger partial charge in [0.15, 0.2) is 0 Å². The summed E-state index contributed by atoms with van der Waals surface area (Å²) in [6, 6.07) is 0. The van der Waals surface area contributed by atoms with E-state index in [-0.39, 0.29) is 17.5 Å². The van der Waals surface area contributed by atoms with Crippen molar-refractivity contribution in [3.63, 3.8) is 0 Å². The number of aliphatic hydroxyl groups is 1. The van der Waals surface area contributed by atoms with Crippen LogP contribution in [0.4, 0.5) is 0 Å². The molecule has 4 rings (SSSR count). The lowest BCUT2D eigenvalue weighted by Crippen LogP contribution is -2.55. The van der Waals surface area contributed by atoms with Gasteiger partial charge in [-0.05, 0) is 93.8 Å². The zero-order valence-electron chi connectivity index (χ0n) is 18.1. The van der Waals surface area contributed by atoms with Gasteiger partial charge in [0.1, 0.15) is 6.10 Å². The van der Waals surface area contributed by atoms with Crippen LogP contribution < -0.4 is 0 Å². The molecule has 1 N–H and O–H groups in total. The van der Waals surface area contributed by atoms with Crippen LogP contribution in [0, 0.1) is 34.5 Å². The Labute approximate surface area is 170 Å². The average Bonchev–Trinajstić information content (AvgIpc) is 2.98. The van der Waals surface area contributed by atoms with Gasteiger partial charge in [-0.2, -0.15) is 0 Å². The van der Waals surface area contributed by atoms with Gasteiger partial charge < -0.3 is 14.6 Å². The van der Waals surface area contributed by atoms with E-state index >= 15 is 0 Å². The molecule has 0 aliphatic heterocycles. The van der Waals surface area contributed by atoms with Crippen molar-refractivity contribution < 1.29 is 19.4 Å². The van der Waals surface area contributed by atoms with Crippen molar-refractivity contribution in [1.29, 1.82) is 0 Å². The topological polar surface area (TPSA) is 55.8 Å². The Balaban J connectivity index is 1.49. The molecule has 0 aromatic carbocycles. The Morgan fingerprint density at radius 2 is 1.71 bits per heavy atom. The monoisotopic (exact) mass is 390 g/mol. The summed E-state index contributed by atoms with van der Waals surface area (Å²) in [5.74, 6) is 2.63. The fraction of sp³-hybridized carbons (Fsp3) is 0.875. The van der Waals surface area contributed by atoms with Crippen molar-refractivity contribution in [3.05, 3.63) is 12.3 Å². The predicted octanol–water partition coefficient (Wildman–Crippen LogP) is 4.85. The fourth-order valence-electron chi connectivity index (χ4n) is 7.86. The Morgan fingerprint density at radius 1 is 0.964 bits per heavy atom. The summed E-state index contributed by atoms with van der Waals surface area (Å²) in [5, 5.41) is 10.6. The Hall–Kier alpha value is -1.03. The lowest BCUT2D eigenvalue weighted by molar-refractivity contribution is -0.151. The summed E-state index contributed by atoms with van der Waals surface area (Å²) in [6.45, 7) is 7.00. The molecule has 0 aromatic heterocycles. The van der Waals surface area contributed by atoms with E-state index in [2.05, 4.69) is 18.6 Å². The van der Waals surface area contributed by atoms with Gasteiger partial charge >= 0.3 is 5.97 Å². The number of hydrogen-bond donors (Lipinski definition) is 1. The molecule has 4 saturated carbocycles. The first-order chi connectivity index (χ1) is 13.2. The third-order valence-electron chi connectivity index (χ3n) is 9.51. The van der Waals surface area contributed by atoms with Gasteiger partial charge in [-0.25, -0.2) is 4.79 Å². The summed E-state index contributed by atoms with van der Waals surface area (Å²) in [7, 11) is 1.39. The van der Waals surface area contributed by atoms with E-state index in [1.54, 1.807) is 6.26 Å². The highest BCUT2D eigenvalue weighted by molar-refractivity contribution is 5.81. The molecular weight excluding hydrogens is 352 g/mol. The smallest absolute Gasteiger partial charge is 0.333 e. The minimum Gasteiger partial charge on any atom is -0.497 e. The van der Waals surface area contributed by atoms with Crippen molar-refractivity contribution in [2.24, 2.45) is 34.5 Å². The largest absolute Gasteiger partial charge is 0.497 e. The van der Waals surface area contributed by atoms with Crippen LogP contribution in [0.5, 0.6) is 0 Å². The molecule has 0 saturated heterocycles. The molecule has 0 radical (unpaired) electrons. The van der Waals surface area contributed by atoms with Crippen LogP contribution in [-0.4, -0.2) is 29.9 Å². The van der Waals surface area contributed by atoms with E-state index in [9.17, 15) is 9.90 Å². The molecule has 0 bridgehead atoms. The Kier molecular flexibility index (Phi) is 5.09. The molecule has 0 spiro atoms. The maximum absolute atomic E-state index is 11.3. The second-order valence-electron chi connectivity index (χ2n) is 10.9. The predicted molar refractivity (Wildman–Crippen MR) is 108 cm³/mol. The first kappa shape index (κ1) is 20.3. The molecule has 158 valence electrons. The summed E-state index contributed by atoms with van der Waals surface area (Å²) >= 11 is 0. The van der Waals surface area contributed by atoms with E-state index < -0.39 is 5.60 Å². The van der Waals surface area contributed by atoms with Crippen molar-refractivity contribution in [1.82, 2.24) is 0 Å². The maximum Gasteiger partial charge on any atom is 0.333 e. The Bertz CT molecular complexity index is 641. The second kappa shape index (κ2) is 7.04. The first-order valence-corrected chi connectivity index (χ1v) is 11.3. The van der Waals surface area contributed by atoms with Crippen molar-refractivity contribution >= 4 is 5.97 Å². The summed E-state index contributed by atoms with van der Waals surface area (Å²) in [4.78, 5) is 11.3. The average molecular weight is 391 g/mol. The molecule has 4 aliphatic rings. The lowest BCUT2D eigenvalue weighted by Gasteiger charge is -2.61. The van der Waals surface area contributed by atoms with Crippen molar-refractivity contribution in [2.75, 3.05) is 7.11 Å². The summed E-state index contributed by atoms with van der Waals surface area (Å²) < 4.78 is 10.7. The van der Waals surface area contributed by atoms with Crippen molar-refractivity contribution in [2.45, 2.75) is 90.3 Å². The highest BCUT2D eigenvalue weighted by Gasteiger charge is 2.61. The van der Waals surface area contributed by atoms with Crippen LogP contribution in [0.25, 0.3) is 0 Å². The van der Waals surface area contributed by atoms with Crippen LogP contribution >= 0.6 is 0 Å². The van der Waals surface area contributed by atoms with E-state index in [1.807, 2.05) is 6.92 Å². The minimum absolute atomic E-state index is 0.206. The van der Waals surface area contributed by atoms with Gasteiger partial charge in [-0.15, -0.1) is 0 Å². The zero-order chi connectivity index (χ0) is 20.2. The number of rotatable bonds is 3. The van der Waals surface area contributed by atoms with Crippen molar-refractivity contribution in [3.8, 4) is 0 Å². The molecule has 0 aromatic rings. The fourth-order valence-corrected chi connectivity index (χ4v) is 7.86. The number of ether oxygens (including phenoxy) is 2. The number of carbonyl (C=O) groups is 1. The molecule has 4 heteroatoms. The molecule has 0 heterocycles. The molecular formula is C24H38O4. The van der Waals surface area contributed by atoms with Gasteiger partial charge in [0.2, 0.25) is 0 Å². The lowest BCUT2D eigenvalue weighted by atomic mass is 9.44. The highest BCUT2D eigenvalue weighted by atomic mass is 16.5. The van der Waals surface area contributed by atoms with Gasteiger partial charge in [0.25, 0.3) is 0 Å². The molecule has 0 amide bonds. The highest BCUT2D eigenvalue weighted by Crippen LogP contribution is 2.67. The van der Waals surface area contributed by atoms with Crippen LogP contribution in [0.3, 0.4) is 0 Å². The van der Waals surface area contributed by atoms with E-state index in [1.165, 1.54) is 51.7 Å². The second-order valence-corrected chi connectivity index (χ2v) is 10.9. The number of fused-ring (bicyclic) bond motifs is 5. The summed E-state index contributed by atoms with van der Waals surface area (Å²) in [6.07, 6.45) is 13.7. The molecule has 4 nitrogen and oxygen atoms in total. The molecule has 28 heavy (non-hydrogen) atoms. The molecule has 4 aliphatic carbocycles. The zero-order valence-corrected chi connectivity index (χ0v) is 18.1. The minimum atomic E-state index is -0.460. The molecule has 8 atom stereocenters. The van der Waals surface area contributed by atoms with Gasteiger partial charge in [-0.3, -0.25) is 0 Å². The third-order valence-corrected chi connectivity index (χ3v) is 9.51. The summed E-state index contributed by atoms with van der Waals surface area (Å²) in [5.41, 5.74) is 0.152. The quantitative estimate of drug-likeness (QED) is 0.425. The maximum atomic E-state index is 11.3. The van der Waals surface area contributed by atoms with E-state index in [0.29, 0.717) is 11.3 Å². The van der Waals surface area contributed by atoms with E-state index in [4.69, 9.17) is 4.74 Å².